The number of ether oxygens (including phenoxy) is 2. The molecule has 0 unspecified atom stereocenters. The molecule has 4 aromatic rings. The average molecular weight is 938 g/mol. The van der Waals surface area contributed by atoms with Gasteiger partial charge >= 0.3 is 0 Å². The normalized spacial score (nSPS) is 16.6. The second kappa shape index (κ2) is 16.6. The van der Waals surface area contributed by atoms with Gasteiger partial charge in [-0.25, -0.2) is 0 Å². The van der Waals surface area contributed by atoms with Crippen molar-refractivity contribution < 1.29 is 39.7 Å². The molecule has 4 aromatic carbocycles. The summed E-state index contributed by atoms with van der Waals surface area (Å²) in [5, 5.41) is 52.3. The number of phenols is 2. The van der Waals surface area contributed by atoms with Crippen molar-refractivity contribution >= 4 is 93.0 Å². The van der Waals surface area contributed by atoms with E-state index in [1.807, 2.05) is 0 Å². The molecule has 0 saturated heterocycles. The molecule has 0 atom stereocenters. The number of carbonyl (C=O) groups is 2. The van der Waals surface area contributed by atoms with E-state index in [1.54, 1.807) is 54.6 Å². The Hall–Kier alpha value is -4.38. The highest BCUT2D eigenvalue weighted by atomic mass is 79.9. The van der Waals surface area contributed by atoms with Crippen LogP contribution < -0.4 is 20.1 Å². The third kappa shape index (κ3) is 9.04. The van der Waals surface area contributed by atoms with Crippen molar-refractivity contribution in [2.75, 3.05) is 6.54 Å². The van der Waals surface area contributed by atoms with E-state index in [4.69, 9.17) is 9.47 Å². The lowest BCUT2D eigenvalue weighted by Crippen LogP contribution is -2.33. The number of rotatable bonds is 0. The van der Waals surface area contributed by atoms with Crippen LogP contribution in [0, 0.1) is 0 Å². The van der Waals surface area contributed by atoms with Gasteiger partial charge in [-0.1, -0.05) is 22.4 Å². The molecule has 4 aliphatic heterocycles. The van der Waals surface area contributed by atoms with Gasteiger partial charge in [-0.15, -0.1) is 0 Å². The Bertz CT molecular complexity index is 2050. The van der Waals surface area contributed by atoms with Gasteiger partial charge < -0.3 is 40.7 Å². The summed E-state index contributed by atoms with van der Waals surface area (Å²) in [5.41, 5.74) is 2.17. The van der Waals surface area contributed by atoms with Gasteiger partial charge in [0.05, 0.1) is 17.9 Å². The molecule has 0 aliphatic carbocycles. The van der Waals surface area contributed by atoms with E-state index in [0.29, 0.717) is 42.3 Å². The molecule has 8 bridgehead atoms. The first-order chi connectivity index (χ1) is 23.9. The topological polar surface area (TPSA) is 182 Å². The summed E-state index contributed by atoms with van der Waals surface area (Å²) in [4.78, 5) is 25.8. The van der Waals surface area contributed by atoms with Crippen molar-refractivity contribution in [2.24, 2.45) is 10.3 Å². The molecule has 4 heterocycles. The molecule has 50 heavy (non-hydrogen) atoms. The quantitative estimate of drug-likeness (QED) is 0.0759. The number of benzene rings is 4. The van der Waals surface area contributed by atoms with Gasteiger partial charge in [-0.3, -0.25) is 9.59 Å². The smallest absolute Gasteiger partial charge is 0.273 e. The first-order valence-corrected chi connectivity index (χ1v) is 17.8. The number of nitrogens with zero attached hydrogens (tertiary/aromatic N) is 2. The van der Waals surface area contributed by atoms with Gasteiger partial charge in [-0.2, -0.15) is 0 Å². The summed E-state index contributed by atoms with van der Waals surface area (Å²) in [5.74, 6) is -0.628. The number of oxime groups is 2. The molecule has 16 heteroatoms. The zero-order chi connectivity index (χ0) is 35.9. The molecule has 8 rings (SSSR count). The third-order valence-electron chi connectivity index (χ3n) is 7.26. The maximum absolute atomic E-state index is 12.9. The molecule has 0 aromatic heterocycles. The lowest BCUT2D eigenvalue weighted by Gasteiger charge is -2.15. The van der Waals surface area contributed by atoms with Gasteiger partial charge in [0.15, 0.2) is 28.7 Å². The summed E-state index contributed by atoms with van der Waals surface area (Å²) < 4.78 is 13.8. The minimum Gasteiger partial charge on any atom is -0.504 e. The van der Waals surface area contributed by atoms with E-state index < -0.39 is 11.8 Å². The summed E-state index contributed by atoms with van der Waals surface area (Å²) in [6.07, 6.45) is 3.25. The van der Waals surface area contributed by atoms with E-state index in [2.05, 4.69) is 84.7 Å². The van der Waals surface area contributed by atoms with Gasteiger partial charge in [0.2, 0.25) is 0 Å². The lowest BCUT2D eigenvalue weighted by atomic mass is 10.1. The van der Waals surface area contributed by atoms with Crippen LogP contribution in [0.5, 0.6) is 34.5 Å². The van der Waals surface area contributed by atoms with Crippen molar-refractivity contribution in [1.29, 1.82) is 0 Å². The Morgan fingerprint density at radius 2 is 1.30 bits per heavy atom. The van der Waals surface area contributed by atoms with E-state index >= 15 is 0 Å². The number of amides is 2. The second-order valence-corrected chi connectivity index (χ2v) is 14.2. The van der Waals surface area contributed by atoms with Crippen molar-refractivity contribution in [3.8, 4) is 34.5 Å². The summed E-state index contributed by atoms with van der Waals surface area (Å²) in [6.45, 7) is 0.202. The zero-order valence-corrected chi connectivity index (χ0v) is 31.9. The van der Waals surface area contributed by atoms with Crippen LogP contribution in [0.2, 0.25) is 0 Å². The highest BCUT2D eigenvalue weighted by molar-refractivity contribution is 9.11. The third-order valence-corrected chi connectivity index (χ3v) is 9.66. The Morgan fingerprint density at radius 3 is 1.98 bits per heavy atom. The molecule has 12 nitrogen and oxygen atoms in total. The first-order valence-electron chi connectivity index (χ1n) is 14.6. The number of nitrogens with one attached hydrogen (secondary N) is 2. The number of halogens is 4. The first kappa shape index (κ1) is 36.9. The van der Waals surface area contributed by atoms with Crippen LogP contribution in [0.25, 0.3) is 6.08 Å². The SMILES string of the molecule is O=C1N/C=C\c2ccc(c(Br)c2)Oc2cc(ccc2O)CCNC(=O)/C(=N/O)Cc2cc(Br)c(c(Br)c2)Oc2cc(cc(Br)c2O)C/C1=N\O. The highest BCUT2D eigenvalue weighted by Crippen LogP contribution is 2.43. The van der Waals surface area contributed by atoms with Crippen LogP contribution in [0.3, 0.4) is 0 Å². The molecule has 2 amide bonds. The Balaban J connectivity index is 1.49. The molecule has 0 fully saturated rings. The van der Waals surface area contributed by atoms with Crippen molar-refractivity contribution in [2.45, 2.75) is 19.3 Å². The van der Waals surface area contributed by atoms with Crippen LogP contribution in [0.15, 0.2) is 95.1 Å². The summed E-state index contributed by atoms with van der Waals surface area (Å²) >= 11 is 13.7. The van der Waals surface area contributed by atoms with E-state index in [-0.39, 0.29) is 64.0 Å². The number of phenolic OH excluding ortho intramolecular Hbond substituents is 2. The Labute approximate surface area is 319 Å². The monoisotopic (exact) mass is 934 g/mol. The predicted molar refractivity (Wildman–Crippen MR) is 200 cm³/mol. The molecular weight excluding hydrogens is 912 g/mol. The molecule has 4 aliphatic rings. The van der Waals surface area contributed by atoms with Crippen molar-refractivity contribution in [3.05, 3.63) is 107 Å². The average Bonchev–Trinajstić information content (AvgIpc) is 3.08. The molecule has 258 valence electrons. The van der Waals surface area contributed by atoms with Gasteiger partial charge in [0, 0.05) is 25.6 Å². The second-order valence-electron chi connectivity index (χ2n) is 10.8. The van der Waals surface area contributed by atoms with E-state index in [9.17, 15) is 30.2 Å². The van der Waals surface area contributed by atoms with Gasteiger partial charge in [0.25, 0.3) is 11.8 Å². The lowest BCUT2D eigenvalue weighted by molar-refractivity contribution is -0.115. The zero-order valence-electron chi connectivity index (χ0n) is 25.6. The Kier molecular flexibility index (Phi) is 12.2. The number of hydrogen-bond donors (Lipinski definition) is 6. The molecule has 0 radical (unpaired) electrons. The fraction of sp³-hybridized carbons (Fsp3) is 0.118. The van der Waals surface area contributed by atoms with Crippen LogP contribution in [-0.4, -0.2) is 50.4 Å². The Morgan fingerprint density at radius 1 is 0.660 bits per heavy atom. The maximum Gasteiger partial charge on any atom is 0.273 e. The number of hydrogen-bond acceptors (Lipinski definition) is 10. The van der Waals surface area contributed by atoms with Crippen LogP contribution in [0.4, 0.5) is 0 Å². The number of aromatic hydroxyl groups is 2. The summed E-state index contributed by atoms with van der Waals surface area (Å²) in [6, 6.07) is 16.4. The molecule has 0 spiro atoms. The van der Waals surface area contributed by atoms with Crippen molar-refractivity contribution in [1.82, 2.24) is 10.6 Å². The van der Waals surface area contributed by atoms with E-state index in [0.717, 1.165) is 5.56 Å². The largest absolute Gasteiger partial charge is 0.504 e. The highest BCUT2D eigenvalue weighted by Gasteiger charge is 2.20. The predicted octanol–water partition coefficient (Wildman–Crippen LogP) is 7.94. The van der Waals surface area contributed by atoms with E-state index in [1.165, 1.54) is 18.3 Å². The molecule has 0 saturated carbocycles. The fourth-order valence-corrected chi connectivity index (χ4v) is 7.18. The maximum atomic E-state index is 12.9. The minimum absolute atomic E-state index is 0.0303. The van der Waals surface area contributed by atoms with Gasteiger partial charge in [0.1, 0.15) is 17.2 Å². The van der Waals surface area contributed by atoms with Crippen LogP contribution in [-0.2, 0) is 28.9 Å². The number of carbonyl (C=O) groups excluding carboxylic acids is 2. The van der Waals surface area contributed by atoms with Crippen molar-refractivity contribution in [3.63, 3.8) is 0 Å². The minimum atomic E-state index is -0.668. The van der Waals surface area contributed by atoms with Crippen LogP contribution >= 0.6 is 63.7 Å². The summed E-state index contributed by atoms with van der Waals surface area (Å²) in [7, 11) is 0. The van der Waals surface area contributed by atoms with Gasteiger partial charge in [-0.05, 0) is 147 Å². The molecular formula is C34H26Br4N4O8. The molecule has 6 N–H and O–H groups in total. The fourth-order valence-electron chi connectivity index (χ4n) is 4.77. The standard InChI is InChI=1S/C34H26Br4N4O8/c35-21-9-17-2-4-28(21)49-29-15-18(1-3-27(29)43)6-8-40-33(45)25(41-47)13-19-11-23(37)32(24(38)12-19)50-30-16-20(10-22(36)31(30)44)14-26(42-48)34(46)39-7-5-17/h1-5,7,9-12,15-16,43-44,47-48H,6,8,13-14H2,(H,39,46)(H,40,45)/b7-5-,41-25+,42-26+. The van der Waals surface area contributed by atoms with Crippen LogP contribution in [0.1, 0.15) is 22.3 Å².